The molecule has 0 fully saturated rings. The van der Waals surface area contributed by atoms with Crippen LogP contribution in [-0.4, -0.2) is 5.11 Å². The number of halogens is 3. The number of alkyl halides is 3. The largest absolute Gasteiger partial charge is 0.416 e. The predicted octanol–water partition coefficient (Wildman–Crippen LogP) is 3.54. The molecule has 1 nitrogen and oxygen atoms in total. The van der Waals surface area contributed by atoms with Crippen LogP contribution in [0, 0.1) is 0 Å². The maximum absolute atomic E-state index is 12.5. The summed E-state index contributed by atoms with van der Waals surface area (Å²) in [6.45, 7) is 1.82. The highest BCUT2D eigenvalue weighted by Gasteiger charge is 2.34. The van der Waals surface area contributed by atoms with E-state index in [2.05, 4.69) is 0 Å². The molecule has 0 saturated carbocycles. The van der Waals surface area contributed by atoms with Crippen LogP contribution in [-0.2, 0) is 6.18 Å². The van der Waals surface area contributed by atoms with Crippen molar-refractivity contribution in [2.45, 2.75) is 32.0 Å². The average Bonchev–Trinajstić information content (AvgIpc) is 2.17. The van der Waals surface area contributed by atoms with Gasteiger partial charge in [0, 0.05) is 0 Å². The summed E-state index contributed by atoms with van der Waals surface area (Å²) in [5, 5.41) is 9.56. The van der Waals surface area contributed by atoms with Crippen LogP contribution in [0.2, 0.25) is 0 Å². The Balaban J connectivity index is 3.06. The van der Waals surface area contributed by atoms with E-state index in [-0.39, 0.29) is 5.56 Å². The second kappa shape index (κ2) is 4.66. The Bertz CT molecular complexity index is 320. The second-order valence-corrected chi connectivity index (χ2v) is 3.39. The van der Waals surface area contributed by atoms with Crippen molar-refractivity contribution in [3.63, 3.8) is 0 Å². The van der Waals surface area contributed by atoms with Gasteiger partial charge in [0.15, 0.2) is 0 Å². The van der Waals surface area contributed by atoms with Crippen LogP contribution in [0.15, 0.2) is 24.3 Å². The molecule has 1 rings (SSSR count). The lowest BCUT2D eigenvalue weighted by atomic mass is 9.99. The molecule has 0 aromatic heterocycles. The van der Waals surface area contributed by atoms with Crippen LogP contribution < -0.4 is 0 Å². The third-order valence-electron chi connectivity index (χ3n) is 2.19. The van der Waals surface area contributed by atoms with Gasteiger partial charge in [-0.05, 0) is 18.1 Å². The summed E-state index contributed by atoms with van der Waals surface area (Å²) >= 11 is 0. The Hall–Kier alpha value is -1.03. The topological polar surface area (TPSA) is 20.2 Å². The molecule has 1 N–H and O–H groups in total. The number of hydrogen-bond donors (Lipinski definition) is 1. The van der Waals surface area contributed by atoms with Crippen LogP contribution in [0.5, 0.6) is 0 Å². The molecule has 0 radical (unpaired) electrons. The van der Waals surface area contributed by atoms with E-state index in [1.165, 1.54) is 18.2 Å². The molecule has 15 heavy (non-hydrogen) atoms. The van der Waals surface area contributed by atoms with E-state index in [0.717, 1.165) is 6.07 Å². The molecule has 0 heterocycles. The lowest BCUT2D eigenvalue weighted by Crippen LogP contribution is -2.11. The summed E-state index contributed by atoms with van der Waals surface area (Å²) in [5.41, 5.74) is -0.780. The lowest BCUT2D eigenvalue weighted by molar-refractivity contribution is -0.139. The Morgan fingerprint density at radius 2 is 1.87 bits per heavy atom. The molecule has 0 saturated heterocycles. The maximum atomic E-state index is 12.5. The van der Waals surface area contributed by atoms with Gasteiger partial charge in [0.1, 0.15) is 0 Å². The minimum absolute atomic E-state index is 0.0353. The van der Waals surface area contributed by atoms with E-state index < -0.39 is 17.8 Å². The summed E-state index contributed by atoms with van der Waals surface area (Å²) < 4.78 is 37.6. The van der Waals surface area contributed by atoms with E-state index in [1.807, 2.05) is 6.92 Å². The Labute approximate surface area is 86.5 Å². The standard InChI is InChI=1S/C11H13F3O/c1-2-5-10(15)8-6-3-4-7-9(8)11(12,13)14/h3-4,6-7,10,15H,2,5H2,1H3. The summed E-state index contributed by atoms with van der Waals surface area (Å²) in [6.07, 6.45) is -4.45. The van der Waals surface area contributed by atoms with Crippen LogP contribution >= 0.6 is 0 Å². The number of hydrogen-bond acceptors (Lipinski definition) is 1. The number of aliphatic hydroxyl groups excluding tert-OH is 1. The Kier molecular flexibility index (Phi) is 3.74. The van der Waals surface area contributed by atoms with Crippen molar-refractivity contribution in [1.82, 2.24) is 0 Å². The third kappa shape index (κ3) is 2.96. The average molecular weight is 218 g/mol. The normalized spacial score (nSPS) is 13.9. The fourth-order valence-corrected chi connectivity index (χ4v) is 1.47. The molecule has 0 aliphatic carbocycles. The first-order chi connectivity index (χ1) is 6.96. The molecule has 0 aliphatic heterocycles. The summed E-state index contributed by atoms with van der Waals surface area (Å²) in [7, 11) is 0. The molecule has 1 aromatic carbocycles. The van der Waals surface area contributed by atoms with Crippen molar-refractivity contribution in [2.24, 2.45) is 0 Å². The molecule has 1 unspecified atom stereocenters. The molecule has 0 bridgehead atoms. The molecular formula is C11H13F3O. The zero-order chi connectivity index (χ0) is 11.5. The van der Waals surface area contributed by atoms with Gasteiger partial charge in [-0.25, -0.2) is 0 Å². The molecule has 84 valence electrons. The smallest absolute Gasteiger partial charge is 0.388 e. The van der Waals surface area contributed by atoms with E-state index >= 15 is 0 Å². The van der Waals surface area contributed by atoms with Gasteiger partial charge in [-0.2, -0.15) is 13.2 Å². The molecular weight excluding hydrogens is 205 g/mol. The fourth-order valence-electron chi connectivity index (χ4n) is 1.47. The SMILES string of the molecule is CCCC(O)c1ccccc1C(F)(F)F. The van der Waals surface area contributed by atoms with Crippen molar-refractivity contribution < 1.29 is 18.3 Å². The van der Waals surface area contributed by atoms with Crippen molar-refractivity contribution in [3.8, 4) is 0 Å². The highest BCUT2D eigenvalue weighted by atomic mass is 19.4. The minimum atomic E-state index is -4.40. The number of benzene rings is 1. The zero-order valence-corrected chi connectivity index (χ0v) is 8.38. The maximum Gasteiger partial charge on any atom is 0.416 e. The first-order valence-corrected chi connectivity index (χ1v) is 4.81. The summed E-state index contributed by atoms with van der Waals surface area (Å²) in [4.78, 5) is 0. The first kappa shape index (κ1) is 12.0. The van der Waals surface area contributed by atoms with Crippen molar-refractivity contribution in [1.29, 1.82) is 0 Å². The van der Waals surface area contributed by atoms with Crippen molar-refractivity contribution in [3.05, 3.63) is 35.4 Å². The van der Waals surface area contributed by atoms with Gasteiger partial charge < -0.3 is 5.11 Å². The summed E-state index contributed by atoms with van der Waals surface area (Å²) in [5.74, 6) is 0. The van der Waals surface area contributed by atoms with E-state index in [0.29, 0.717) is 12.8 Å². The first-order valence-electron chi connectivity index (χ1n) is 4.81. The van der Waals surface area contributed by atoms with E-state index in [9.17, 15) is 18.3 Å². The highest BCUT2D eigenvalue weighted by molar-refractivity contribution is 5.31. The van der Waals surface area contributed by atoms with Crippen LogP contribution in [0.3, 0.4) is 0 Å². The van der Waals surface area contributed by atoms with E-state index in [1.54, 1.807) is 0 Å². The molecule has 0 aliphatic rings. The Morgan fingerprint density at radius 1 is 1.27 bits per heavy atom. The van der Waals surface area contributed by atoms with Gasteiger partial charge in [0.05, 0.1) is 11.7 Å². The van der Waals surface area contributed by atoms with Gasteiger partial charge in [0.2, 0.25) is 0 Å². The molecule has 1 aromatic rings. The number of aliphatic hydroxyl groups is 1. The van der Waals surface area contributed by atoms with Crippen LogP contribution in [0.4, 0.5) is 13.2 Å². The monoisotopic (exact) mass is 218 g/mol. The Morgan fingerprint density at radius 3 is 2.40 bits per heavy atom. The quantitative estimate of drug-likeness (QED) is 0.822. The number of rotatable bonds is 3. The van der Waals surface area contributed by atoms with Crippen LogP contribution in [0.1, 0.15) is 37.0 Å². The molecule has 4 heteroatoms. The fraction of sp³-hybridized carbons (Fsp3) is 0.455. The van der Waals surface area contributed by atoms with E-state index in [4.69, 9.17) is 0 Å². The molecule has 0 spiro atoms. The predicted molar refractivity (Wildman–Crippen MR) is 51.3 cm³/mol. The van der Waals surface area contributed by atoms with Crippen molar-refractivity contribution in [2.75, 3.05) is 0 Å². The van der Waals surface area contributed by atoms with Gasteiger partial charge in [-0.15, -0.1) is 0 Å². The zero-order valence-electron chi connectivity index (χ0n) is 8.38. The van der Waals surface area contributed by atoms with Gasteiger partial charge in [-0.1, -0.05) is 31.5 Å². The lowest BCUT2D eigenvalue weighted by Gasteiger charge is -2.16. The van der Waals surface area contributed by atoms with Crippen LogP contribution in [0.25, 0.3) is 0 Å². The van der Waals surface area contributed by atoms with Gasteiger partial charge in [0.25, 0.3) is 0 Å². The van der Waals surface area contributed by atoms with Gasteiger partial charge in [-0.3, -0.25) is 0 Å². The molecule has 1 atom stereocenters. The molecule has 0 amide bonds. The summed E-state index contributed by atoms with van der Waals surface area (Å²) in [6, 6.07) is 5.14. The van der Waals surface area contributed by atoms with Gasteiger partial charge >= 0.3 is 6.18 Å². The second-order valence-electron chi connectivity index (χ2n) is 3.39. The highest BCUT2D eigenvalue weighted by Crippen LogP contribution is 2.35. The van der Waals surface area contributed by atoms with Crippen molar-refractivity contribution >= 4 is 0 Å². The minimum Gasteiger partial charge on any atom is -0.388 e. The third-order valence-corrected chi connectivity index (χ3v) is 2.19.